The van der Waals surface area contributed by atoms with Crippen LogP contribution in [0.25, 0.3) is 0 Å². The molecule has 2 atom stereocenters. The minimum atomic E-state index is -0.297. The van der Waals surface area contributed by atoms with Gasteiger partial charge in [0.15, 0.2) is 5.78 Å². The summed E-state index contributed by atoms with van der Waals surface area (Å²) in [4.78, 5) is 12.8. The Balaban J connectivity index is 1.66. The van der Waals surface area contributed by atoms with Crippen LogP contribution in [0.15, 0.2) is 59.9 Å². The Morgan fingerprint density at radius 2 is 1.80 bits per heavy atom. The van der Waals surface area contributed by atoms with Gasteiger partial charge in [-0.1, -0.05) is 36.4 Å². The SMILES string of the molecule is O=C1C[C@H](c2ccc(F)cc2)CC(O)=C1[C@@H]1NCCc2ccccc21. The van der Waals surface area contributed by atoms with Gasteiger partial charge >= 0.3 is 0 Å². The van der Waals surface area contributed by atoms with Crippen molar-refractivity contribution in [2.75, 3.05) is 6.54 Å². The fraction of sp³-hybridized carbons (Fsp3) is 0.286. The summed E-state index contributed by atoms with van der Waals surface area (Å²) in [5.41, 5.74) is 3.67. The lowest BCUT2D eigenvalue weighted by molar-refractivity contribution is -0.117. The Morgan fingerprint density at radius 3 is 2.56 bits per heavy atom. The molecule has 2 aliphatic rings. The number of benzene rings is 2. The molecule has 4 heteroatoms. The highest BCUT2D eigenvalue weighted by atomic mass is 19.1. The number of Topliss-reactive ketones (excluding diaryl/α,β-unsaturated/α-hetero) is 1. The standard InChI is InChI=1S/C21H20FNO2/c22-16-7-5-13(6-8-16)15-11-18(24)20(19(25)12-15)21-17-4-2-1-3-14(17)9-10-23-21/h1-8,15,21,23-24H,9-12H2/t15-,21-/m1/s1. The van der Waals surface area contributed by atoms with Crippen molar-refractivity contribution >= 4 is 5.78 Å². The van der Waals surface area contributed by atoms with Gasteiger partial charge in [0, 0.05) is 19.4 Å². The number of hydrogen-bond acceptors (Lipinski definition) is 3. The smallest absolute Gasteiger partial charge is 0.164 e. The third-order valence-corrected chi connectivity index (χ3v) is 5.22. The van der Waals surface area contributed by atoms with Gasteiger partial charge in [0.05, 0.1) is 11.6 Å². The molecule has 3 nitrogen and oxygen atoms in total. The topological polar surface area (TPSA) is 49.3 Å². The van der Waals surface area contributed by atoms with Crippen LogP contribution in [0, 0.1) is 5.82 Å². The van der Waals surface area contributed by atoms with E-state index in [4.69, 9.17) is 0 Å². The molecule has 1 aliphatic carbocycles. The van der Waals surface area contributed by atoms with Gasteiger partial charge in [-0.05, 0) is 41.2 Å². The second kappa shape index (κ2) is 6.45. The Morgan fingerprint density at radius 1 is 1.04 bits per heavy atom. The molecule has 4 rings (SSSR count). The summed E-state index contributed by atoms with van der Waals surface area (Å²) >= 11 is 0. The largest absolute Gasteiger partial charge is 0.512 e. The van der Waals surface area contributed by atoms with Crippen LogP contribution in [0.2, 0.25) is 0 Å². The van der Waals surface area contributed by atoms with E-state index in [1.165, 1.54) is 17.7 Å². The van der Waals surface area contributed by atoms with Crippen LogP contribution >= 0.6 is 0 Å². The predicted octanol–water partition coefficient (Wildman–Crippen LogP) is 3.97. The van der Waals surface area contributed by atoms with Crippen molar-refractivity contribution in [3.05, 3.63) is 82.4 Å². The molecule has 128 valence electrons. The highest BCUT2D eigenvalue weighted by molar-refractivity contribution is 5.98. The molecule has 0 fully saturated rings. The fourth-order valence-electron chi connectivity index (χ4n) is 3.97. The summed E-state index contributed by atoms with van der Waals surface area (Å²) < 4.78 is 13.1. The molecular weight excluding hydrogens is 317 g/mol. The monoisotopic (exact) mass is 337 g/mol. The third kappa shape index (κ3) is 2.98. The number of fused-ring (bicyclic) bond motifs is 1. The van der Waals surface area contributed by atoms with Gasteiger partial charge in [-0.3, -0.25) is 4.79 Å². The average Bonchev–Trinajstić information content (AvgIpc) is 2.62. The van der Waals surface area contributed by atoms with E-state index in [9.17, 15) is 14.3 Å². The van der Waals surface area contributed by atoms with Crippen molar-refractivity contribution in [1.82, 2.24) is 5.32 Å². The van der Waals surface area contributed by atoms with Crippen LogP contribution in [0.3, 0.4) is 0 Å². The van der Waals surface area contributed by atoms with Crippen LogP contribution in [-0.4, -0.2) is 17.4 Å². The predicted molar refractivity (Wildman–Crippen MR) is 93.9 cm³/mol. The van der Waals surface area contributed by atoms with Crippen LogP contribution in [0.5, 0.6) is 0 Å². The minimum Gasteiger partial charge on any atom is -0.512 e. The summed E-state index contributed by atoms with van der Waals surface area (Å²) in [6.07, 6.45) is 1.67. The van der Waals surface area contributed by atoms with Crippen molar-refractivity contribution in [3.8, 4) is 0 Å². The summed E-state index contributed by atoms with van der Waals surface area (Å²) in [6, 6.07) is 14.0. The van der Waals surface area contributed by atoms with Gasteiger partial charge in [-0.2, -0.15) is 0 Å². The summed E-state index contributed by atoms with van der Waals surface area (Å²) in [5.74, 6) is -0.280. The van der Waals surface area contributed by atoms with Crippen LogP contribution in [0.4, 0.5) is 4.39 Å². The molecular formula is C21H20FNO2. The maximum absolute atomic E-state index is 13.1. The highest BCUT2D eigenvalue weighted by Gasteiger charge is 2.35. The second-order valence-corrected chi connectivity index (χ2v) is 6.78. The number of aliphatic hydroxyl groups is 1. The molecule has 2 N–H and O–H groups in total. The average molecular weight is 337 g/mol. The Kier molecular flexibility index (Phi) is 4.14. The van der Waals surface area contributed by atoms with E-state index in [0.717, 1.165) is 24.1 Å². The quantitative estimate of drug-likeness (QED) is 0.872. The van der Waals surface area contributed by atoms with E-state index in [-0.39, 0.29) is 29.3 Å². The number of ketones is 1. The second-order valence-electron chi connectivity index (χ2n) is 6.78. The van der Waals surface area contributed by atoms with Crippen LogP contribution < -0.4 is 5.32 Å². The third-order valence-electron chi connectivity index (χ3n) is 5.22. The Labute approximate surface area is 146 Å². The van der Waals surface area contributed by atoms with Crippen molar-refractivity contribution in [2.45, 2.75) is 31.2 Å². The first-order valence-corrected chi connectivity index (χ1v) is 8.65. The maximum atomic E-state index is 13.1. The van der Waals surface area contributed by atoms with E-state index < -0.39 is 0 Å². The zero-order valence-corrected chi connectivity index (χ0v) is 13.8. The lowest BCUT2D eigenvalue weighted by Gasteiger charge is -2.32. The lowest BCUT2D eigenvalue weighted by atomic mass is 9.78. The molecule has 25 heavy (non-hydrogen) atoms. The van der Waals surface area contributed by atoms with E-state index in [1.807, 2.05) is 18.2 Å². The summed E-state index contributed by atoms with van der Waals surface area (Å²) in [7, 11) is 0. The highest BCUT2D eigenvalue weighted by Crippen LogP contribution is 2.39. The van der Waals surface area contributed by atoms with E-state index in [0.29, 0.717) is 18.4 Å². The van der Waals surface area contributed by atoms with Crippen molar-refractivity contribution in [1.29, 1.82) is 0 Å². The molecule has 0 aromatic heterocycles. The summed E-state index contributed by atoms with van der Waals surface area (Å²) in [5, 5.41) is 14.0. The van der Waals surface area contributed by atoms with Crippen LogP contribution in [-0.2, 0) is 11.2 Å². The van der Waals surface area contributed by atoms with Gasteiger partial charge in [-0.25, -0.2) is 4.39 Å². The Hall–Kier alpha value is -2.46. The Bertz CT molecular complexity index is 841. The summed E-state index contributed by atoms with van der Waals surface area (Å²) in [6.45, 7) is 0.785. The first-order chi connectivity index (χ1) is 12.1. The molecule has 0 unspecified atom stereocenters. The molecule has 1 heterocycles. The number of allylic oxidation sites excluding steroid dienone is 1. The molecule has 0 amide bonds. The lowest BCUT2D eigenvalue weighted by Crippen LogP contribution is -2.35. The number of halogens is 1. The number of aliphatic hydroxyl groups excluding tert-OH is 1. The van der Waals surface area contributed by atoms with Gasteiger partial charge < -0.3 is 10.4 Å². The van der Waals surface area contributed by atoms with Gasteiger partial charge in [0.2, 0.25) is 0 Å². The van der Waals surface area contributed by atoms with Crippen molar-refractivity contribution < 1.29 is 14.3 Å². The molecule has 0 radical (unpaired) electrons. The van der Waals surface area contributed by atoms with E-state index in [2.05, 4.69) is 11.4 Å². The zero-order chi connectivity index (χ0) is 17.4. The first-order valence-electron chi connectivity index (χ1n) is 8.65. The number of rotatable bonds is 2. The number of nitrogens with one attached hydrogen (secondary N) is 1. The molecule has 2 aromatic rings. The van der Waals surface area contributed by atoms with E-state index >= 15 is 0 Å². The number of carbonyl (C=O) groups excluding carboxylic acids is 1. The molecule has 0 spiro atoms. The van der Waals surface area contributed by atoms with Crippen LogP contribution in [0.1, 0.15) is 41.5 Å². The zero-order valence-electron chi connectivity index (χ0n) is 13.8. The van der Waals surface area contributed by atoms with Crippen molar-refractivity contribution in [2.24, 2.45) is 0 Å². The molecule has 0 saturated heterocycles. The number of hydrogen-bond donors (Lipinski definition) is 2. The molecule has 1 aliphatic heterocycles. The fourth-order valence-corrected chi connectivity index (χ4v) is 3.97. The normalized spacial score (nSPS) is 23.5. The maximum Gasteiger partial charge on any atom is 0.164 e. The number of carbonyl (C=O) groups is 1. The molecule has 0 bridgehead atoms. The van der Waals surface area contributed by atoms with Gasteiger partial charge in [-0.15, -0.1) is 0 Å². The van der Waals surface area contributed by atoms with Gasteiger partial charge in [0.25, 0.3) is 0 Å². The minimum absolute atomic E-state index is 0.0349. The van der Waals surface area contributed by atoms with Gasteiger partial charge in [0.1, 0.15) is 11.6 Å². The molecule has 2 aromatic carbocycles. The molecule has 0 saturated carbocycles. The van der Waals surface area contributed by atoms with E-state index in [1.54, 1.807) is 12.1 Å². The first kappa shape index (κ1) is 16.0. The van der Waals surface area contributed by atoms with Crippen molar-refractivity contribution in [3.63, 3.8) is 0 Å².